The van der Waals surface area contributed by atoms with E-state index in [4.69, 9.17) is 5.11 Å². The molecular weight excluding hydrogens is 390 g/mol. The number of rotatable bonds is 6. The van der Waals surface area contributed by atoms with Gasteiger partial charge in [0.15, 0.2) is 0 Å². The molecule has 2 aromatic rings. The Labute approximate surface area is 195 Å². The van der Waals surface area contributed by atoms with Gasteiger partial charge in [-0.05, 0) is 74.0 Å². The standard InChI is InChI=1S/C24H27FN2O3.Li.H/c1-16-14-17(5-10-20(16)25)15-27-13-3-2-4-21(27)22(28)26-24(11-12-24)19-8-6-18(7-9-19)23(29)30;;/h5-10,14,21H,2-4,11-13,15H2,1H3,(H,26,28)(H,29,30);;/q;+1;-1/t21-;;/m1../s1. The van der Waals surface area contributed by atoms with Crippen LogP contribution in [-0.4, -0.2) is 34.5 Å². The molecular formula is C24H28FLiN2O3. The van der Waals surface area contributed by atoms with Crippen LogP contribution in [0.25, 0.3) is 0 Å². The van der Waals surface area contributed by atoms with E-state index in [2.05, 4.69) is 10.2 Å². The molecule has 160 valence electrons. The van der Waals surface area contributed by atoms with Gasteiger partial charge in [-0.2, -0.15) is 0 Å². The monoisotopic (exact) mass is 418 g/mol. The fraction of sp³-hybridized carbons (Fsp3) is 0.417. The molecule has 1 aliphatic carbocycles. The van der Waals surface area contributed by atoms with Crippen molar-refractivity contribution >= 4 is 11.9 Å². The smallest absolute Gasteiger partial charge is 1.00 e. The minimum Gasteiger partial charge on any atom is -1.00 e. The largest absolute Gasteiger partial charge is 1.00 e. The Balaban J connectivity index is 0.00000181. The molecule has 5 nitrogen and oxygen atoms in total. The van der Waals surface area contributed by atoms with E-state index < -0.39 is 5.97 Å². The summed E-state index contributed by atoms with van der Waals surface area (Å²) in [5, 5.41) is 12.3. The summed E-state index contributed by atoms with van der Waals surface area (Å²) in [6.45, 7) is 3.22. The van der Waals surface area contributed by atoms with Crippen LogP contribution in [0.2, 0.25) is 0 Å². The van der Waals surface area contributed by atoms with Crippen molar-refractivity contribution in [2.45, 2.75) is 57.2 Å². The van der Waals surface area contributed by atoms with Crippen LogP contribution in [0, 0.1) is 12.7 Å². The molecule has 7 heteroatoms. The van der Waals surface area contributed by atoms with Gasteiger partial charge >= 0.3 is 24.8 Å². The fourth-order valence-corrected chi connectivity index (χ4v) is 4.38. The number of hydrogen-bond donors (Lipinski definition) is 2. The first-order valence-corrected chi connectivity index (χ1v) is 10.5. The zero-order chi connectivity index (χ0) is 21.3. The van der Waals surface area contributed by atoms with Gasteiger partial charge in [-0.1, -0.05) is 30.7 Å². The number of carbonyl (C=O) groups excluding carboxylic acids is 1. The van der Waals surface area contributed by atoms with Crippen LogP contribution in [0.5, 0.6) is 0 Å². The number of amides is 1. The van der Waals surface area contributed by atoms with Crippen molar-refractivity contribution in [2.24, 2.45) is 0 Å². The van der Waals surface area contributed by atoms with Gasteiger partial charge in [-0.25, -0.2) is 9.18 Å². The van der Waals surface area contributed by atoms with Crippen molar-refractivity contribution < 1.29 is 39.4 Å². The van der Waals surface area contributed by atoms with Crippen LogP contribution in [-0.2, 0) is 16.9 Å². The Morgan fingerprint density at radius 2 is 1.90 bits per heavy atom. The molecule has 1 heterocycles. The molecule has 2 N–H and O–H groups in total. The topological polar surface area (TPSA) is 69.6 Å². The number of nitrogens with one attached hydrogen (secondary N) is 1. The molecule has 0 radical (unpaired) electrons. The molecule has 1 aliphatic heterocycles. The van der Waals surface area contributed by atoms with E-state index in [9.17, 15) is 14.0 Å². The number of carbonyl (C=O) groups is 2. The summed E-state index contributed by atoms with van der Waals surface area (Å²) in [5.41, 5.74) is 2.45. The molecule has 31 heavy (non-hydrogen) atoms. The van der Waals surface area contributed by atoms with Crippen LogP contribution in [0.4, 0.5) is 4.39 Å². The van der Waals surface area contributed by atoms with Gasteiger partial charge in [-0.3, -0.25) is 9.69 Å². The van der Waals surface area contributed by atoms with Crippen molar-refractivity contribution in [3.05, 3.63) is 70.5 Å². The first-order chi connectivity index (χ1) is 14.4. The van der Waals surface area contributed by atoms with Gasteiger partial charge in [-0.15, -0.1) is 0 Å². The third kappa shape index (κ3) is 5.20. The van der Waals surface area contributed by atoms with Crippen molar-refractivity contribution in [2.75, 3.05) is 6.54 Å². The summed E-state index contributed by atoms with van der Waals surface area (Å²) < 4.78 is 13.6. The summed E-state index contributed by atoms with van der Waals surface area (Å²) in [6, 6.07) is 11.7. The second-order valence-electron chi connectivity index (χ2n) is 8.52. The molecule has 0 unspecified atom stereocenters. The quantitative estimate of drug-likeness (QED) is 0.690. The number of carboxylic acid groups (broad SMARTS) is 1. The van der Waals surface area contributed by atoms with E-state index in [0.717, 1.165) is 49.8 Å². The van der Waals surface area contributed by atoms with Gasteiger partial charge < -0.3 is 11.8 Å². The molecule has 4 rings (SSSR count). The molecule has 1 amide bonds. The SMILES string of the molecule is Cc1cc(CN2CCCC[C@@H]2C(=O)NC2(c3ccc(C(=O)O)cc3)CC2)ccc1F.[H-].[Li+]. The fourth-order valence-electron chi connectivity index (χ4n) is 4.38. The zero-order valence-electron chi connectivity index (χ0n) is 19.2. The van der Waals surface area contributed by atoms with Crippen molar-refractivity contribution in [3.63, 3.8) is 0 Å². The summed E-state index contributed by atoms with van der Waals surface area (Å²) in [7, 11) is 0. The predicted molar refractivity (Wildman–Crippen MR) is 113 cm³/mol. The minimum absolute atomic E-state index is 0. The zero-order valence-corrected chi connectivity index (χ0v) is 18.2. The maximum absolute atomic E-state index is 13.6. The first kappa shape index (κ1) is 23.5. The number of nitrogens with zero attached hydrogens (tertiary/aromatic N) is 1. The van der Waals surface area contributed by atoms with E-state index in [1.165, 1.54) is 6.07 Å². The molecule has 0 spiro atoms. The molecule has 2 fully saturated rings. The van der Waals surface area contributed by atoms with Crippen LogP contribution in [0.1, 0.15) is 60.6 Å². The van der Waals surface area contributed by atoms with Crippen LogP contribution < -0.4 is 24.2 Å². The van der Waals surface area contributed by atoms with Crippen LogP contribution >= 0.6 is 0 Å². The molecule has 0 aromatic heterocycles. The Bertz CT molecular complexity index is 966. The van der Waals surface area contributed by atoms with E-state index in [1.54, 1.807) is 37.3 Å². The molecule has 1 saturated carbocycles. The van der Waals surface area contributed by atoms with E-state index in [-0.39, 0.29) is 49.2 Å². The predicted octanol–water partition coefficient (Wildman–Crippen LogP) is 1.11. The summed E-state index contributed by atoms with van der Waals surface area (Å²) in [6.07, 6.45) is 4.58. The summed E-state index contributed by atoms with van der Waals surface area (Å²) in [4.78, 5) is 26.5. The third-order valence-electron chi connectivity index (χ3n) is 6.32. The summed E-state index contributed by atoms with van der Waals surface area (Å²) in [5.74, 6) is -1.14. The number of aryl methyl sites for hydroxylation is 1. The number of halogens is 1. The van der Waals surface area contributed by atoms with E-state index in [1.807, 2.05) is 6.07 Å². The minimum atomic E-state index is -0.954. The Morgan fingerprint density at radius 3 is 2.52 bits per heavy atom. The van der Waals surface area contributed by atoms with Gasteiger partial charge in [0.1, 0.15) is 5.82 Å². The maximum atomic E-state index is 13.6. The van der Waals surface area contributed by atoms with Gasteiger partial charge in [0.25, 0.3) is 0 Å². The Hall–Kier alpha value is -2.13. The van der Waals surface area contributed by atoms with Crippen LogP contribution in [0.3, 0.4) is 0 Å². The number of carboxylic acids is 1. The number of piperidine rings is 1. The Morgan fingerprint density at radius 1 is 1.19 bits per heavy atom. The molecule has 1 saturated heterocycles. The van der Waals surface area contributed by atoms with Crippen molar-refractivity contribution in [3.8, 4) is 0 Å². The molecule has 0 bridgehead atoms. The average molecular weight is 418 g/mol. The number of benzene rings is 2. The molecule has 1 atom stereocenters. The Kier molecular flexibility index (Phi) is 7.26. The second kappa shape index (κ2) is 9.56. The number of hydrogen-bond acceptors (Lipinski definition) is 3. The first-order valence-electron chi connectivity index (χ1n) is 10.5. The molecule has 2 aliphatic rings. The van der Waals surface area contributed by atoms with E-state index >= 15 is 0 Å². The number of aromatic carboxylic acids is 1. The molecule has 2 aromatic carbocycles. The van der Waals surface area contributed by atoms with Crippen molar-refractivity contribution in [1.82, 2.24) is 10.2 Å². The summed E-state index contributed by atoms with van der Waals surface area (Å²) >= 11 is 0. The van der Waals surface area contributed by atoms with Gasteiger partial charge in [0.2, 0.25) is 5.91 Å². The average Bonchev–Trinajstić information content (AvgIpc) is 3.52. The van der Waals surface area contributed by atoms with Gasteiger partial charge in [0.05, 0.1) is 17.1 Å². The van der Waals surface area contributed by atoms with Gasteiger partial charge in [0, 0.05) is 6.54 Å². The van der Waals surface area contributed by atoms with Crippen LogP contribution in [0.15, 0.2) is 42.5 Å². The van der Waals surface area contributed by atoms with E-state index in [0.29, 0.717) is 12.1 Å². The number of likely N-dealkylation sites (tertiary alicyclic amines) is 1. The third-order valence-corrected chi connectivity index (χ3v) is 6.32. The normalized spacial score (nSPS) is 19.9. The second-order valence-corrected chi connectivity index (χ2v) is 8.52. The van der Waals surface area contributed by atoms with Crippen molar-refractivity contribution in [1.29, 1.82) is 0 Å². The maximum Gasteiger partial charge on any atom is 1.00 e.